The fraction of sp³-hybridized carbons (Fsp3) is 0.538. The van der Waals surface area contributed by atoms with Gasteiger partial charge in [-0.25, -0.2) is 0 Å². The first kappa shape index (κ1) is 24.9. The van der Waals surface area contributed by atoms with E-state index in [1.54, 1.807) is 12.4 Å². The van der Waals surface area contributed by atoms with Gasteiger partial charge < -0.3 is 4.74 Å². The highest BCUT2D eigenvalue weighted by molar-refractivity contribution is 5.69. The van der Waals surface area contributed by atoms with Crippen LogP contribution in [0, 0.1) is 0 Å². The van der Waals surface area contributed by atoms with Crippen LogP contribution < -0.4 is 0 Å². The van der Waals surface area contributed by atoms with Gasteiger partial charge in [0.2, 0.25) is 0 Å². The van der Waals surface area contributed by atoms with E-state index in [0.29, 0.717) is 13.0 Å². The van der Waals surface area contributed by atoms with Gasteiger partial charge in [0.25, 0.3) is 0 Å². The number of rotatable bonds is 17. The van der Waals surface area contributed by atoms with Crippen molar-refractivity contribution in [2.45, 2.75) is 90.6 Å². The smallest absolute Gasteiger partial charge is 0.306 e. The van der Waals surface area contributed by atoms with E-state index in [0.717, 1.165) is 37.7 Å². The van der Waals surface area contributed by atoms with Crippen LogP contribution in [-0.2, 0) is 16.1 Å². The summed E-state index contributed by atoms with van der Waals surface area (Å²) in [6.07, 6.45) is 30.2. The van der Waals surface area contributed by atoms with Crippen molar-refractivity contribution in [3.63, 3.8) is 0 Å². The SMILES string of the molecule is CC/C=C/C/C=C/C/C=C/CCCCCCCCCC(=O)OCc1cccnc1. The number of pyridine rings is 1. The Morgan fingerprint density at radius 2 is 1.55 bits per heavy atom. The molecular weight excluding hydrogens is 358 g/mol. The van der Waals surface area contributed by atoms with Gasteiger partial charge in [0.1, 0.15) is 6.61 Å². The molecule has 0 aliphatic heterocycles. The number of ether oxygens (including phenoxy) is 1. The Kier molecular flexibility index (Phi) is 16.4. The number of hydrogen-bond acceptors (Lipinski definition) is 3. The van der Waals surface area contributed by atoms with E-state index in [9.17, 15) is 4.79 Å². The van der Waals surface area contributed by atoms with Crippen molar-refractivity contribution >= 4 is 5.97 Å². The third-order valence-electron chi connectivity index (χ3n) is 4.65. The van der Waals surface area contributed by atoms with Crippen LogP contribution in [0.25, 0.3) is 0 Å². The van der Waals surface area contributed by atoms with E-state index in [1.165, 1.54) is 38.5 Å². The van der Waals surface area contributed by atoms with E-state index in [4.69, 9.17) is 4.74 Å². The molecule has 0 amide bonds. The number of carbonyl (C=O) groups is 1. The maximum Gasteiger partial charge on any atom is 0.306 e. The molecule has 1 rings (SSSR count). The summed E-state index contributed by atoms with van der Waals surface area (Å²) >= 11 is 0. The third-order valence-corrected chi connectivity index (χ3v) is 4.65. The van der Waals surface area contributed by atoms with E-state index >= 15 is 0 Å². The number of aromatic nitrogens is 1. The highest BCUT2D eigenvalue weighted by Gasteiger charge is 2.03. The average molecular weight is 398 g/mol. The van der Waals surface area contributed by atoms with Gasteiger partial charge in [-0.1, -0.05) is 81.6 Å². The third kappa shape index (κ3) is 16.5. The summed E-state index contributed by atoms with van der Waals surface area (Å²) in [7, 11) is 0. The fourth-order valence-electron chi connectivity index (χ4n) is 2.96. The molecule has 0 saturated heterocycles. The average Bonchev–Trinajstić information content (AvgIpc) is 2.75. The quantitative estimate of drug-likeness (QED) is 0.155. The lowest BCUT2D eigenvalue weighted by molar-refractivity contribution is -0.145. The lowest BCUT2D eigenvalue weighted by atomic mass is 10.1. The Morgan fingerprint density at radius 3 is 2.24 bits per heavy atom. The summed E-state index contributed by atoms with van der Waals surface area (Å²) in [5.74, 6) is -0.104. The molecule has 0 spiro atoms. The maximum absolute atomic E-state index is 11.7. The Morgan fingerprint density at radius 1 is 0.897 bits per heavy atom. The maximum atomic E-state index is 11.7. The zero-order chi connectivity index (χ0) is 20.8. The summed E-state index contributed by atoms with van der Waals surface area (Å²) < 4.78 is 5.26. The Balaban J connectivity index is 1.83. The van der Waals surface area contributed by atoms with Gasteiger partial charge in [-0.15, -0.1) is 0 Å². The topological polar surface area (TPSA) is 39.2 Å². The van der Waals surface area contributed by atoms with Crippen LogP contribution >= 0.6 is 0 Å². The molecule has 0 aliphatic rings. The van der Waals surface area contributed by atoms with E-state index in [-0.39, 0.29) is 5.97 Å². The molecule has 1 aromatic heterocycles. The minimum absolute atomic E-state index is 0.104. The number of allylic oxidation sites excluding steroid dienone is 6. The Bertz CT molecular complexity index is 590. The lowest BCUT2D eigenvalue weighted by Gasteiger charge is -2.05. The number of hydrogen-bond donors (Lipinski definition) is 0. The van der Waals surface area contributed by atoms with Crippen molar-refractivity contribution in [1.29, 1.82) is 0 Å². The highest BCUT2D eigenvalue weighted by Crippen LogP contribution is 2.11. The summed E-state index contributed by atoms with van der Waals surface area (Å²) in [6, 6.07) is 3.77. The monoisotopic (exact) mass is 397 g/mol. The van der Waals surface area contributed by atoms with Crippen molar-refractivity contribution in [2.75, 3.05) is 0 Å². The molecule has 0 atom stereocenters. The number of unbranched alkanes of at least 4 members (excludes halogenated alkanes) is 7. The lowest BCUT2D eigenvalue weighted by Crippen LogP contribution is -2.04. The first-order chi connectivity index (χ1) is 14.3. The van der Waals surface area contributed by atoms with Gasteiger partial charge in [-0.2, -0.15) is 0 Å². The number of esters is 1. The molecule has 1 aromatic rings. The van der Waals surface area contributed by atoms with Crippen LogP contribution in [0.1, 0.15) is 89.5 Å². The number of carbonyl (C=O) groups excluding carboxylic acids is 1. The van der Waals surface area contributed by atoms with Gasteiger partial charge in [0.05, 0.1) is 0 Å². The van der Waals surface area contributed by atoms with Gasteiger partial charge >= 0.3 is 5.97 Å². The minimum atomic E-state index is -0.104. The summed E-state index contributed by atoms with van der Waals surface area (Å²) in [4.78, 5) is 15.7. The van der Waals surface area contributed by atoms with Gasteiger partial charge in [-0.05, 0) is 44.6 Å². The number of nitrogens with zero attached hydrogens (tertiary/aromatic N) is 1. The highest BCUT2D eigenvalue weighted by atomic mass is 16.5. The normalized spacial score (nSPS) is 11.8. The van der Waals surface area contributed by atoms with Crippen LogP contribution in [-0.4, -0.2) is 11.0 Å². The summed E-state index contributed by atoms with van der Waals surface area (Å²) in [5.41, 5.74) is 0.937. The minimum Gasteiger partial charge on any atom is -0.461 e. The molecule has 1 heterocycles. The van der Waals surface area contributed by atoms with Gasteiger partial charge in [0, 0.05) is 24.4 Å². The van der Waals surface area contributed by atoms with Crippen LogP contribution in [0.2, 0.25) is 0 Å². The zero-order valence-corrected chi connectivity index (χ0v) is 18.2. The molecule has 29 heavy (non-hydrogen) atoms. The van der Waals surface area contributed by atoms with Crippen LogP contribution in [0.5, 0.6) is 0 Å². The molecule has 0 aromatic carbocycles. The van der Waals surface area contributed by atoms with E-state index < -0.39 is 0 Å². The molecular formula is C26H39NO2. The molecule has 0 N–H and O–H groups in total. The molecule has 160 valence electrons. The van der Waals surface area contributed by atoms with Crippen molar-refractivity contribution in [1.82, 2.24) is 4.98 Å². The van der Waals surface area contributed by atoms with Crippen LogP contribution in [0.3, 0.4) is 0 Å². The second-order valence-corrected chi connectivity index (χ2v) is 7.33. The molecule has 0 bridgehead atoms. The largest absolute Gasteiger partial charge is 0.461 e. The standard InChI is InChI=1S/C26H39NO2/c1-2-3-4-5-6-7-8-9-10-11-12-13-14-15-16-17-18-21-26(28)29-24-25-20-19-22-27-23-25/h3-4,6-7,9-10,19-20,22-23H,2,5,8,11-18,21,24H2,1H3/b4-3+,7-6+,10-9+. The molecule has 0 radical (unpaired) electrons. The molecule has 0 unspecified atom stereocenters. The van der Waals surface area contributed by atoms with E-state index in [2.05, 4.69) is 48.4 Å². The summed E-state index contributed by atoms with van der Waals surface area (Å²) in [5, 5.41) is 0. The van der Waals surface area contributed by atoms with E-state index in [1.807, 2.05) is 12.1 Å². The van der Waals surface area contributed by atoms with Crippen molar-refractivity contribution < 1.29 is 9.53 Å². The first-order valence-corrected chi connectivity index (χ1v) is 11.3. The molecule has 3 heteroatoms. The second kappa shape index (κ2) is 19.2. The zero-order valence-electron chi connectivity index (χ0n) is 18.2. The second-order valence-electron chi connectivity index (χ2n) is 7.33. The Hall–Kier alpha value is -2.16. The van der Waals surface area contributed by atoms with Crippen LogP contribution in [0.4, 0.5) is 0 Å². The Labute approximate surface area is 178 Å². The molecule has 3 nitrogen and oxygen atoms in total. The predicted octanol–water partition coefficient (Wildman–Crippen LogP) is 7.49. The van der Waals surface area contributed by atoms with Crippen molar-refractivity contribution in [3.8, 4) is 0 Å². The summed E-state index contributed by atoms with van der Waals surface area (Å²) in [6.45, 7) is 2.49. The van der Waals surface area contributed by atoms with Crippen LogP contribution in [0.15, 0.2) is 61.0 Å². The van der Waals surface area contributed by atoms with Gasteiger partial charge in [0.15, 0.2) is 0 Å². The first-order valence-electron chi connectivity index (χ1n) is 11.3. The fourth-order valence-corrected chi connectivity index (χ4v) is 2.96. The molecule has 0 saturated carbocycles. The van der Waals surface area contributed by atoms with Crippen molar-refractivity contribution in [3.05, 3.63) is 66.5 Å². The van der Waals surface area contributed by atoms with Crippen molar-refractivity contribution in [2.24, 2.45) is 0 Å². The predicted molar refractivity (Wildman–Crippen MR) is 123 cm³/mol. The molecule has 0 aliphatic carbocycles. The molecule has 0 fully saturated rings. The van der Waals surface area contributed by atoms with Gasteiger partial charge in [-0.3, -0.25) is 9.78 Å².